The third-order valence-electron chi connectivity index (χ3n) is 2.61. The van der Waals surface area contributed by atoms with E-state index in [1.807, 2.05) is 45.9 Å². The van der Waals surface area contributed by atoms with Crippen molar-refractivity contribution in [3.05, 3.63) is 29.3 Å². The Morgan fingerprint density at radius 1 is 1.18 bits per heavy atom. The summed E-state index contributed by atoms with van der Waals surface area (Å²) in [7, 11) is 0. The molecule has 0 saturated carbocycles. The van der Waals surface area contributed by atoms with Crippen molar-refractivity contribution in [2.75, 3.05) is 0 Å². The number of para-hydroxylation sites is 1. The van der Waals surface area contributed by atoms with Gasteiger partial charge in [-0.15, -0.1) is 0 Å². The van der Waals surface area contributed by atoms with Crippen LogP contribution in [0.2, 0.25) is 0 Å². The molecule has 3 heteroatoms. The average Bonchev–Trinajstić information content (AvgIpc) is 2.28. The van der Waals surface area contributed by atoms with Crippen LogP contribution in [0.15, 0.2) is 18.2 Å². The van der Waals surface area contributed by atoms with Crippen molar-refractivity contribution in [1.82, 2.24) is 0 Å². The summed E-state index contributed by atoms with van der Waals surface area (Å²) in [6, 6.07) is 7.29. The Kier molecular flexibility index (Phi) is 4.28. The summed E-state index contributed by atoms with van der Waals surface area (Å²) in [5.41, 5.74) is 1.92. The van der Waals surface area contributed by atoms with Crippen LogP contribution in [0.4, 0.5) is 0 Å². The summed E-state index contributed by atoms with van der Waals surface area (Å²) in [6.45, 7) is 8.12. The van der Waals surface area contributed by atoms with Gasteiger partial charge in [0.05, 0.1) is 0 Å². The monoisotopic (exact) mass is 231 g/mol. The van der Waals surface area contributed by atoms with Gasteiger partial charge in [-0.2, -0.15) is 5.26 Å². The van der Waals surface area contributed by atoms with Gasteiger partial charge in [-0.3, -0.25) is 0 Å². The molecule has 1 aromatic rings. The Morgan fingerprint density at radius 3 is 2.00 bits per heavy atom. The van der Waals surface area contributed by atoms with Gasteiger partial charge in [0.25, 0.3) is 0 Å². The van der Waals surface area contributed by atoms with Crippen molar-refractivity contribution in [2.45, 2.75) is 39.5 Å². The first-order chi connectivity index (χ1) is 7.97. The quantitative estimate of drug-likeness (QED) is 0.455. The molecule has 0 saturated heterocycles. The van der Waals surface area contributed by atoms with Crippen LogP contribution in [-0.4, -0.2) is 5.97 Å². The molecule has 0 aliphatic rings. The minimum absolute atomic E-state index is 0.246. The van der Waals surface area contributed by atoms with Gasteiger partial charge in [0.15, 0.2) is 6.07 Å². The molecule has 0 fully saturated rings. The first-order valence-electron chi connectivity index (χ1n) is 5.72. The van der Waals surface area contributed by atoms with E-state index in [-0.39, 0.29) is 11.8 Å². The lowest BCUT2D eigenvalue weighted by atomic mass is 9.94. The van der Waals surface area contributed by atoms with Gasteiger partial charge < -0.3 is 4.74 Å². The summed E-state index contributed by atoms with van der Waals surface area (Å²) >= 11 is 0. The third-order valence-corrected chi connectivity index (χ3v) is 2.61. The van der Waals surface area contributed by atoms with Gasteiger partial charge in [-0.05, 0) is 23.0 Å². The molecule has 0 atom stereocenters. The maximum Gasteiger partial charge on any atom is 0.416 e. The number of carbonyl (C=O) groups is 1. The van der Waals surface area contributed by atoms with Crippen LogP contribution < -0.4 is 4.74 Å². The smallest absolute Gasteiger partial charge is 0.415 e. The van der Waals surface area contributed by atoms with Crippen LogP contribution >= 0.6 is 0 Å². The number of carbonyl (C=O) groups excluding carboxylic acids is 1. The van der Waals surface area contributed by atoms with Gasteiger partial charge >= 0.3 is 5.97 Å². The van der Waals surface area contributed by atoms with Crippen LogP contribution in [0.25, 0.3) is 0 Å². The molecule has 0 bridgehead atoms. The predicted molar refractivity (Wildman–Crippen MR) is 65.9 cm³/mol. The molecule has 0 heterocycles. The highest BCUT2D eigenvalue weighted by Crippen LogP contribution is 2.34. The second-order valence-corrected chi connectivity index (χ2v) is 4.58. The molecule has 3 nitrogen and oxygen atoms in total. The van der Waals surface area contributed by atoms with Crippen LogP contribution in [0.1, 0.15) is 50.7 Å². The SMILES string of the molecule is CC(C)c1cccc(C(C)C)c1OC(=O)C#N. The van der Waals surface area contributed by atoms with Crippen molar-refractivity contribution in [3.63, 3.8) is 0 Å². The third kappa shape index (κ3) is 3.07. The first-order valence-corrected chi connectivity index (χ1v) is 5.72. The molecule has 0 unspecified atom stereocenters. The molecule has 0 amide bonds. The maximum absolute atomic E-state index is 11.1. The second-order valence-electron chi connectivity index (χ2n) is 4.58. The lowest BCUT2D eigenvalue weighted by molar-refractivity contribution is -0.128. The zero-order valence-electron chi connectivity index (χ0n) is 10.7. The van der Waals surface area contributed by atoms with E-state index < -0.39 is 5.97 Å². The van der Waals surface area contributed by atoms with E-state index in [4.69, 9.17) is 10.00 Å². The minimum atomic E-state index is -0.861. The van der Waals surface area contributed by atoms with E-state index in [0.717, 1.165) is 11.1 Å². The van der Waals surface area contributed by atoms with Crippen LogP contribution in [0.3, 0.4) is 0 Å². The summed E-state index contributed by atoms with van der Waals surface area (Å²) < 4.78 is 5.15. The maximum atomic E-state index is 11.1. The summed E-state index contributed by atoms with van der Waals surface area (Å²) in [4.78, 5) is 11.1. The lowest BCUT2D eigenvalue weighted by Crippen LogP contribution is -2.09. The fourth-order valence-corrected chi connectivity index (χ4v) is 1.72. The lowest BCUT2D eigenvalue weighted by Gasteiger charge is -2.17. The molecule has 0 spiro atoms. The molecule has 17 heavy (non-hydrogen) atoms. The van der Waals surface area contributed by atoms with Crippen LogP contribution in [0, 0.1) is 11.3 Å². The Labute approximate surface area is 102 Å². The molecule has 0 aliphatic heterocycles. The molecule has 0 radical (unpaired) electrons. The number of nitrogens with zero attached hydrogens (tertiary/aromatic N) is 1. The van der Waals surface area contributed by atoms with Crippen LogP contribution in [0.5, 0.6) is 5.75 Å². The van der Waals surface area contributed by atoms with Crippen molar-refractivity contribution in [2.24, 2.45) is 0 Å². The number of esters is 1. The number of rotatable bonds is 3. The fraction of sp³-hybridized carbons (Fsp3) is 0.429. The summed E-state index contributed by atoms with van der Waals surface area (Å²) in [5, 5.41) is 8.53. The van der Waals surface area contributed by atoms with Gasteiger partial charge in [0.1, 0.15) is 5.75 Å². The molecule has 0 N–H and O–H groups in total. The van der Waals surface area contributed by atoms with Crippen molar-refractivity contribution >= 4 is 5.97 Å². The number of hydrogen-bond acceptors (Lipinski definition) is 3. The van der Waals surface area contributed by atoms with Gasteiger partial charge in [-0.1, -0.05) is 45.9 Å². The van der Waals surface area contributed by atoms with Crippen LogP contribution in [-0.2, 0) is 4.79 Å². The molecule has 0 aliphatic carbocycles. The van der Waals surface area contributed by atoms with Crippen molar-refractivity contribution in [1.29, 1.82) is 5.26 Å². The standard InChI is InChI=1S/C14H17NO2/c1-9(2)11-6-5-7-12(10(3)4)14(11)17-13(16)8-15/h5-7,9-10H,1-4H3. The van der Waals surface area contributed by atoms with E-state index in [2.05, 4.69) is 0 Å². The van der Waals surface area contributed by atoms with Gasteiger partial charge in [0.2, 0.25) is 0 Å². The number of nitriles is 1. The average molecular weight is 231 g/mol. The normalized spacial score (nSPS) is 10.4. The molecular weight excluding hydrogens is 214 g/mol. The Bertz CT molecular complexity index is 430. The number of hydrogen-bond donors (Lipinski definition) is 0. The largest absolute Gasteiger partial charge is 0.416 e. The molecule has 1 aromatic carbocycles. The van der Waals surface area contributed by atoms with E-state index in [9.17, 15) is 4.79 Å². The van der Waals surface area contributed by atoms with Gasteiger partial charge in [0, 0.05) is 0 Å². The number of benzene rings is 1. The molecule has 1 rings (SSSR count). The summed E-state index contributed by atoms with van der Waals surface area (Å²) in [6.07, 6.45) is 0. The highest BCUT2D eigenvalue weighted by molar-refractivity contribution is 5.88. The van der Waals surface area contributed by atoms with Crippen molar-refractivity contribution in [3.8, 4) is 11.8 Å². The molecule has 0 aromatic heterocycles. The Morgan fingerprint density at radius 2 is 1.65 bits per heavy atom. The van der Waals surface area contributed by atoms with Gasteiger partial charge in [-0.25, -0.2) is 4.79 Å². The zero-order chi connectivity index (χ0) is 13.0. The van der Waals surface area contributed by atoms with E-state index in [0.29, 0.717) is 5.75 Å². The summed E-state index contributed by atoms with van der Waals surface area (Å²) in [5.74, 6) is 0.175. The highest BCUT2D eigenvalue weighted by Gasteiger charge is 2.17. The minimum Gasteiger partial charge on any atom is -0.415 e. The topological polar surface area (TPSA) is 50.1 Å². The van der Waals surface area contributed by atoms with Crippen molar-refractivity contribution < 1.29 is 9.53 Å². The molecule has 90 valence electrons. The van der Waals surface area contributed by atoms with E-state index in [1.54, 1.807) is 0 Å². The predicted octanol–water partition coefficient (Wildman–Crippen LogP) is 3.36. The fourth-order valence-electron chi connectivity index (χ4n) is 1.72. The second kappa shape index (κ2) is 5.49. The Balaban J connectivity index is 3.29. The first kappa shape index (κ1) is 13.2. The molecular formula is C14H17NO2. The number of ether oxygens (including phenoxy) is 1. The Hall–Kier alpha value is -1.82. The van der Waals surface area contributed by atoms with E-state index >= 15 is 0 Å². The van der Waals surface area contributed by atoms with E-state index in [1.165, 1.54) is 6.07 Å². The highest BCUT2D eigenvalue weighted by atomic mass is 16.5. The zero-order valence-corrected chi connectivity index (χ0v) is 10.7.